The Balaban J connectivity index is 0.00000176. The molecular formula is C18H17KO3. The molecule has 0 aliphatic carbocycles. The van der Waals surface area contributed by atoms with Crippen LogP contribution in [0.15, 0.2) is 42.5 Å². The van der Waals surface area contributed by atoms with Gasteiger partial charge in [0.25, 0.3) is 0 Å². The van der Waals surface area contributed by atoms with Gasteiger partial charge in [0.15, 0.2) is 0 Å². The standard InChI is InChI=1S/C18H18O3.K/c1-2-3-7-12-8-6-11-15-16(12)17(18(19)20)13-9-4-5-10-14(13)21-15;/h4-6,8-11,17H,2-3,7H2,1H3,(H,19,20);/q;+1/p-1. The maximum Gasteiger partial charge on any atom is 1.00 e. The van der Waals surface area contributed by atoms with Gasteiger partial charge in [0, 0.05) is 11.1 Å². The number of carbonyl (C=O) groups is 1. The van der Waals surface area contributed by atoms with Gasteiger partial charge < -0.3 is 14.6 Å². The van der Waals surface area contributed by atoms with E-state index in [1.165, 1.54) is 0 Å². The van der Waals surface area contributed by atoms with Crippen LogP contribution in [0, 0.1) is 0 Å². The van der Waals surface area contributed by atoms with Crippen molar-refractivity contribution in [2.45, 2.75) is 32.1 Å². The van der Waals surface area contributed by atoms with Gasteiger partial charge in [-0.25, -0.2) is 0 Å². The minimum absolute atomic E-state index is 0. The summed E-state index contributed by atoms with van der Waals surface area (Å²) in [6.45, 7) is 2.12. The maximum absolute atomic E-state index is 11.7. The van der Waals surface area contributed by atoms with E-state index in [9.17, 15) is 9.90 Å². The van der Waals surface area contributed by atoms with Crippen molar-refractivity contribution in [1.29, 1.82) is 0 Å². The molecular weight excluding hydrogens is 303 g/mol. The van der Waals surface area contributed by atoms with E-state index in [4.69, 9.17) is 4.74 Å². The summed E-state index contributed by atoms with van der Waals surface area (Å²) >= 11 is 0. The molecule has 1 aliphatic heterocycles. The molecule has 2 aromatic carbocycles. The van der Waals surface area contributed by atoms with Crippen LogP contribution in [0.1, 0.15) is 42.4 Å². The van der Waals surface area contributed by atoms with Crippen molar-refractivity contribution in [2.24, 2.45) is 0 Å². The SMILES string of the molecule is CCCCc1cccc2c1C(C(=O)[O-])c1ccccc1O2.[K+]. The summed E-state index contributed by atoms with van der Waals surface area (Å²) in [4.78, 5) is 11.7. The van der Waals surface area contributed by atoms with Crippen LogP contribution in [0.2, 0.25) is 0 Å². The summed E-state index contributed by atoms with van der Waals surface area (Å²) in [6, 6.07) is 13.0. The maximum atomic E-state index is 11.7. The van der Waals surface area contributed by atoms with Crippen molar-refractivity contribution in [3.05, 3.63) is 59.2 Å². The minimum atomic E-state index is -1.07. The first-order valence-electron chi connectivity index (χ1n) is 7.31. The van der Waals surface area contributed by atoms with Crippen LogP contribution in [-0.4, -0.2) is 5.97 Å². The van der Waals surface area contributed by atoms with Crippen molar-refractivity contribution in [1.82, 2.24) is 0 Å². The van der Waals surface area contributed by atoms with E-state index in [1.807, 2.05) is 30.3 Å². The number of ether oxygens (including phenoxy) is 1. The van der Waals surface area contributed by atoms with E-state index in [1.54, 1.807) is 12.1 Å². The van der Waals surface area contributed by atoms with E-state index in [0.29, 0.717) is 17.1 Å². The van der Waals surface area contributed by atoms with Gasteiger partial charge in [-0.05, 0) is 30.5 Å². The summed E-state index contributed by atoms with van der Waals surface area (Å²) in [7, 11) is 0. The van der Waals surface area contributed by atoms with Crippen molar-refractivity contribution in [3.8, 4) is 11.5 Å². The van der Waals surface area contributed by atoms with Crippen LogP contribution in [-0.2, 0) is 11.2 Å². The Hall–Kier alpha value is -0.654. The second kappa shape index (κ2) is 7.75. The summed E-state index contributed by atoms with van der Waals surface area (Å²) in [5.41, 5.74) is 2.47. The van der Waals surface area contributed by atoms with Crippen LogP contribution in [0.3, 0.4) is 0 Å². The topological polar surface area (TPSA) is 49.4 Å². The number of benzene rings is 2. The number of para-hydroxylation sites is 1. The monoisotopic (exact) mass is 320 g/mol. The molecule has 0 spiro atoms. The van der Waals surface area contributed by atoms with E-state index < -0.39 is 11.9 Å². The Kier molecular flexibility index (Phi) is 6.23. The molecule has 108 valence electrons. The Bertz CT molecular complexity index is 682. The molecule has 0 radical (unpaired) electrons. The van der Waals surface area contributed by atoms with Gasteiger partial charge >= 0.3 is 51.4 Å². The molecule has 2 aromatic rings. The predicted octanol–water partition coefficient (Wildman–Crippen LogP) is 0.0207. The van der Waals surface area contributed by atoms with Gasteiger partial charge in [-0.3, -0.25) is 0 Å². The van der Waals surface area contributed by atoms with Gasteiger partial charge in [-0.1, -0.05) is 43.7 Å². The normalized spacial score (nSPS) is 15.0. The molecule has 0 aromatic heterocycles. The molecule has 0 fully saturated rings. The molecule has 0 N–H and O–H groups in total. The quantitative estimate of drug-likeness (QED) is 0.747. The largest absolute Gasteiger partial charge is 1.00 e. The molecule has 0 saturated heterocycles. The Morgan fingerprint density at radius 1 is 1.14 bits per heavy atom. The number of rotatable bonds is 4. The fourth-order valence-corrected chi connectivity index (χ4v) is 2.92. The van der Waals surface area contributed by atoms with Crippen LogP contribution >= 0.6 is 0 Å². The van der Waals surface area contributed by atoms with Gasteiger partial charge in [0.1, 0.15) is 11.5 Å². The third kappa shape index (κ3) is 3.31. The Morgan fingerprint density at radius 3 is 2.59 bits per heavy atom. The second-order valence-electron chi connectivity index (χ2n) is 5.32. The second-order valence-corrected chi connectivity index (χ2v) is 5.32. The van der Waals surface area contributed by atoms with Crippen molar-refractivity contribution in [2.75, 3.05) is 0 Å². The zero-order valence-electron chi connectivity index (χ0n) is 13.0. The Morgan fingerprint density at radius 2 is 1.86 bits per heavy atom. The number of aliphatic carboxylic acids is 1. The van der Waals surface area contributed by atoms with E-state index in [-0.39, 0.29) is 51.4 Å². The zero-order chi connectivity index (χ0) is 14.8. The predicted molar refractivity (Wildman–Crippen MR) is 78.4 cm³/mol. The molecule has 1 unspecified atom stereocenters. The fourth-order valence-electron chi connectivity index (χ4n) is 2.92. The molecule has 0 bridgehead atoms. The van der Waals surface area contributed by atoms with Crippen molar-refractivity contribution >= 4 is 5.97 Å². The summed E-state index contributed by atoms with van der Waals surface area (Å²) in [5, 5.41) is 11.7. The Labute approximate surface area is 173 Å². The average molecular weight is 320 g/mol. The minimum Gasteiger partial charge on any atom is -0.549 e. The molecule has 1 aliphatic rings. The number of hydrogen-bond donors (Lipinski definition) is 0. The summed E-state index contributed by atoms with van der Waals surface area (Å²) in [5.74, 6) is -0.586. The van der Waals surface area contributed by atoms with E-state index in [0.717, 1.165) is 30.4 Å². The third-order valence-electron chi connectivity index (χ3n) is 3.93. The van der Waals surface area contributed by atoms with Crippen LogP contribution in [0.5, 0.6) is 11.5 Å². The summed E-state index contributed by atoms with van der Waals surface area (Å²) < 4.78 is 5.89. The van der Waals surface area contributed by atoms with Gasteiger partial charge in [0.2, 0.25) is 0 Å². The molecule has 0 saturated carbocycles. The van der Waals surface area contributed by atoms with Gasteiger partial charge in [-0.15, -0.1) is 0 Å². The number of fused-ring (bicyclic) bond motifs is 2. The summed E-state index contributed by atoms with van der Waals surface area (Å²) in [6.07, 6.45) is 2.95. The van der Waals surface area contributed by atoms with Crippen LogP contribution in [0.4, 0.5) is 0 Å². The van der Waals surface area contributed by atoms with E-state index in [2.05, 4.69) is 6.92 Å². The van der Waals surface area contributed by atoms with Crippen molar-refractivity contribution in [3.63, 3.8) is 0 Å². The average Bonchev–Trinajstić information content (AvgIpc) is 2.50. The molecule has 1 atom stereocenters. The van der Waals surface area contributed by atoms with Crippen LogP contribution in [0.25, 0.3) is 0 Å². The molecule has 0 amide bonds. The van der Waals surface area contributed by atoms with E-state index >= 15 is 0 Å². The fraction of sp³-hybridized carbons (Fsp3) is 0.278. The first-order valence-corrected chi connectivity index (χ1v) is 7.31. The van der Waals surface area contributed by atoms with Gasteiger partial charge in [0.05, 0.1) is 11.9 Å². The first-order chi connectivity index (χ1) is 10.2. The molecule has 22 heavy (non-hydrogen) atoms. The van der Waals surface area contributed by atoms with Crippen LogP contribution < -0.4 is 61.2 Å². The molecule has 3 nitrogen and oxygen atoms in total. The third-order valence-corrected chi connectivity index (χ3v) is 3.93. The number of aryl methyl sites for hydroxylation is 1. The number of unbranched alkanes of at least 4 members (excludes halogenated alkanes) is 1. The molecule has 3 rings (SSSR count). The number of hydrogen-bond acceptors (Lipinski definition) is 3. The molecule has 1 heterocycles. The first kappa shape index (κ1) is 17.7. The number of carbonyl (C=O) groups excluding carboxylic acids is 1. The zero-order valence-corrected chi connectivity index (χ0v) is 16.1. The number of carboxylic acid groups (broad SMARTS) is 1. The van der Waals surface area contributed by atoms with Gasteiger partial charge in [-0.2, -0.15) is 0 Å². The smallest absolute Gasteiger partial charge is 0.549 e. The van der Waals surface area contributed by atoms with Crippen molar-refractivity contribution < 1.29 is 66.0 Å². The molecule has 4 heteroatoms. The number of carboxylic acids is 1.